The predicted octanol–water partition coefficient (Wildman–Crippen LogP) is 8.71. The summed E-state index contributed by atoms with van der Waals surface area (Å²) in [5.74, 6) is -0.379. The number of hydrogen-bond acceptors (Lipinski definition) is 3. The SMILES string of the molecule is O=S(=O)(Oc1cccc2ccc(-c3c4ccccc4c(-c4ccccc4)c4ccccc34)cc12)C(F)(F)F. The third-order valence-corrected chi connectivity index (χ3v) is 7.57. The van der Waals surface area contributed by atoms with E-state index in [1.165, 1.54) is 12.1 Å². The summed E-state index contributed by atoms with van der Waals surface area (Å²) < 4.78 is 67.4. The van der Waals surface area contributed by atoms with Crippen LogP contribution >= 0.6 is 0 Å². The van der Waals surface area contributed by atoms with Crippen LogP contribution in [0.25, 0.3) is 54.6 Å². The van der Waals surface area contributed by atoms with Crippen LogP contribution in [0.5, 0.6) is 5.75 Å². The van der Waals surface area contributed by atoms with Gasteiger partial charge in [0.1, 0.15) is 0 Å². The summed E-state index contributed by atoms with van der Waals surface area (Å²) >= 11 is 0. The Hall–Kier alpha value is -4.36. The van der Waals surface area contributed by atoms with Gasteiger partial charge in [-0.3, -0.25) is 0 Å². The van der Waals surface area contributed by atoms with Gasteiger partial charge >= 0.3 is 15.6 Å². The number of benzene rings is 6. The van der Waals surface area contributed by atoms with Gasteiger partial charge in [0.15, 0.2) is 5.75 Å². The van der Waals surface area contributed by atoms with Crippen LogP contribution in [0.4, 0.5) is 13.2 Å². The number of rotatable bonds is 4. The van der Waals surface area contributed by atoms with Crippen molar-refractivity contribution in [1.82, 2.24) is 0 Å². The lowest BCUT2D eigenvalue weighted by Gasteiger charge is -2.18. The molecule has 0 saturated heterocycles. The summed E-state index contributed by atoms with van der Waals surface area (Å²) in [5, 5.41) is 4.79. The van der Waals surface area contributed by atoms with Crippen molar-refractivity contribution >= 4 is 42.4 Å². The van der Waals surface area contributed by atoms with E-state index < -0.39 is 15.6 Å². The maximum absolute atomic E-state index is 13.1. The largest absolute Gasteiger partial charge is 0.534 e. The maximum Gasteiger partial charge on any atom is 0.534 e. The third-order valence-electron chi connectivity index (χ3n) is 6.61. The molecule has 0 aliphatic carbocycles. The minimum Gasteiger partial charge on any atom is -0.375 e. The molecule has 38 heavy (non-hydrogen) atoms. The zero-order chi connectivity index (χ0) is 26.5. The Morgan fingerprint density at radius 3 is 1.61 bits per heavy atom. The molecule has 6 aromatic rings. The fourth-order valence-electron chi connectivity index (χ4n) is 4.99. The van der Waals surface area contributed by atoms with Crippen molar-refractivity contribution in [3.8, 4) is 28.0 Å². The zero-order valence-corrected chi connectivity index (χ0v) is 20.6. The van der Waals surface area contributed by atoms with Crippen molar-refractivity contribution in [3.05, 3.63) is 115 Å². The average molecular weight is 529 g/mol. The van der Waals surface area contributed by atoms with Crippen molar-refractivity contribution in [1.29, 1.82) is 0 Å². The Morgan fingerprint density at radius 2 is 1.05 bits per heavy atom. The highest BCUT2D eigenvalue weighted by Gasteiger charge is 2.48. The molecule has 6 rings (SSSR count). The van der Waals surface area contributed by atoms with E-state index in [0.29, 0.717) is 5.39 Å². The molecule has 188 valence electrons. The van der Waals surface area contributed by atoms with E-state index in [1.54, 1.807) is 18.2 Å². The molecule has 0 aromatic heterocycles. The van der Waals surface area contributed by atoms with Gasteiger partial charge in [-0.1, -0.05) is 103 Å². The Balaban J connectivity index is 1.66. The molecule has 0 fully saturated rings. The first-order valence-electron chi connectivity index (χ1n) is 11.8. The van der Waals surface area contributed by atoms with E-state index in [1.807, 2.05) is 60.7 Å². The molecule has 0 unspecified atom stereocenters. The lowest BCUT2D eigenvalue weighted by atomic mass is 9.85. The molecule has 0 aliphatic rings. The third kappa shape index (κ3) is 3.96. The fourth-order valence-corrected chi connectivity index (χ4v) is 5.47. The molecule has 0 atom stereocenters. The van der Waals surface area contributed by atoms with Crippen molar-refractivity contribution in [2.45, 2.75) is 5.51 Å². The lowest BCUT2D eigenvalue weighted by Crippen LogP contribution is -2.28. The molecule has 0 N–H and O–H groups in total. The van der Waals surface area contributed by atoms with Gasteiger partial charge < -0.3 is 4.18 Å². The normalized spacial score (nSPS) is 12.3. The van der Waals surface area contributed by atoms with Crippen molar-refractivity contribution in [3.63, 3.8) is 0 Å². The van der Waals surface area contributed by atoms with Gasteiger partial charge in [-0.15, -0.1) is 0 Å². The van der Waals surface area contributed by atoms with Crippen LogP contribution in [0.2, 0.25) is 0 Å². The first kappa shape index (κ1) is 24.0. The van der Waals surface area contributed by atoms with Gasteiger partial charge in [0.25, 0.3) is 0 Å². The van der Waals surface area contributed by atoms with Gasteiger partial charge in [-0.05, 0) is 61.3 Å². The molecule has 0 spiro atoms. The summed E-state index contributed by atoms with van der Waals surface area (Å²) in [6.45, 7) is 0. The molecule has 0 aliphatic heterocycles. The van der Waals surface area contributed by atoms with Crippen molar-refractivity contribution < 1.29 is 25.8 Å². The second-order valence-corrected chi connectivity index (χ2v) is 10.4. The zero-order valence-electron chi connectivity index (χ0n) is 19.7. The second kappa shape index (κ2) is 8.89. The number of halogens is 3. The first-order valence-corrected chi connectivity index (χ1v) is 13.2. The van der Waals surface area contributed by atoms with Gasteiger partial charge in [0.05, 0.1) is 0 Å². The quantitative estimate of drug-likeness (QED) is 0.131. The molecule has 0 saturated carbocycles. The standard InChI is InChI=1S/C31H19F3O3S/c32-31(33,34)38(35,36)37-28-16-8-11-20-17-18-22(19-27(20)28)30-25-14-6-4-12-23(25)29(21-9-2-1-3-10-21)24-13-5-7-15-26(24)30/h1-19H. The van der Waals surface area contributed by atoms with E-state index in [0.717, 1.165) is 43.8 Å². The Labute approximate surface area is 216 Å². The van der Waals surface area contributed by atoms with Crippen LogP contribution in [0.15, 0.2) is 115 Å². The molecule has 0 bridgehead atoms. The Morgan fingerprint density at radius 1 is 0.526 bits per heavy atom. The summed E-state index contributed by atoms with van der Waals surface area (Å²) in [6.07, 6.45) is 0. The molecule has 0 radical (unpaired) electrons. The summed E-state index contributed by atoms with van der Waals surface area (Å²) in [4.78, 5) is 0. The van der Waals surface area contributed by atoms with Gasteiger partial charge in [-0.25, -0.2) is 0 Å². The molecule has 6 aromatic carbocycles. The topological polar surface area (TPSA) is 43.4 Å². The van der Waals surface area contributed by atoms with Gasteiger partial charge in [0, 0.05) is 5.39 Å². The van der Waals surface area contributed by atoms with E-state index in [-0.39, 0.29) is 11.1 Å². The monoisotopic (exact) mass is 528 g/mol. The summed E-state index contributed by atoms with van der Waals surface area (Å²) in [5.41, 5.74) is -1.76. The summed E-state index contributed by atoms with van der Waals surface area (Å²) in [6, 6.07) is 35.8. The first-order chi connectivity index (χ1) is 18.2. The van der Waals surface area contributed by atoms with Gasteiger partial charge in [0.2, 0.25) is 0 Å². The molecule has 3 nitrogen and oxygen atoms in total. The molecular weight excluding hydrogens is 509 g/mol. The predicted molar refractivity (Wildman–Crippen MR) is 145 cm³/mol. The van der Waals surface area contributed by atoms with Crippen LogP contribution in [0.3, 0.4) is 0 Å². The van der Waals surface area contributed by atoms with E-state index in [2.05, 4.69) is 28.4 Å². The Kier molecular flexibility index (Phi) is 5.61. The molecule has 7 heteroatoms. The minimum atomic E-state index is -5.83. The lowest BCUT2D eigenvalue weighted by molar-refractivity contribution is -0.0499. The van der Waals surface area contributed by atoms with E-state index in [4.69, 9.17) is 0 Å². The smallest absolute Gasteiger partial charge is 0.375 e. The van der Waals surface area contributed by atoms with Crippen LogP contribution in [-0.4, -0.2) is 13.9 Å². The van der Waals surface area contributed by atoms with Gasteiger partial charge in [-0.2, -0.15) is 21.6 Å². The highest BCUT2D eigenvalue weighted by Crippen LogP contribution is 2.44. The number of fused-ring (bicyclic) bond motifs is 3. The second-order valence-electron chi connectivity index (χ2n) is 8.88. The van der Waals surface area contributed by atoms with Crippen molar-refractivity contribution in [2.75, 3.05) is 0 Å². The van der Waals surface area contributed by atoms with E-state index in [9.17, 15) is 21.6 Å². The Bertz CT molecular complexity index is 1890. The molecule has 0 heterocycles. The van der Waals surface area contributed by atoms with Crippen LogP contribution in [-0.2, 0) is 10.1 Å². The van der Waals surface area contributed by atoms with Crippen LogP contribution < -0.4 is 4.18 Å². The van der Waals surface area contributed by atoms with Crippen LogP contribution in [0.1, 0.15) is 0 Å². The highest BCUT2D eigenvalue weighted by atomic mass is 32.2. The summed E-state index contributed by atoms with van der Waals surface area (Å²) in [7, 11) is -5.83. The van der Waals surface area contributed by atoms with E-state index >= 15 is 0 Å². The molecule has 0 amide bonds. The minimum absolute atomic E-state index is 0.262. The van der Waals surface area contributed by atoms with Crippen LogP contribution in [0, 0.1) is 0 Å². The number of alkyl halides is 3. The number of hydrogen-bond donors (Lipinski definition) is 0. The highest BCUT2D eigenvalue weighted by molar-refractivity contribution is 7.88. The maximum atomic E-state index is 13.1. The average Bonchev–Trinajstić information content (AvgIpc) is 2.91. The van der Waals surface area contributed by atoms with Crippen molar-refractivity contribution in [2.24, 2.45) is 0 Å². The fraction of sp³-hybridized carbons (Fsp3) is 0.0323. The molecular formula is C31H19F3O3S.